The van der Waals surface area contributed by atoms with Crippen molar-refractivity contribution in [2.45, 2.75) is 39.8 Å². The van der Waals surface area contributed by atoms with Gasteiger partial charge in [-0.3, -0.25) is 4.68 Å². The first kappa shape index (κ1) is 15.5. The van der Waals surface area contributed by atoms with E-state index >= 15 is 0 Å². The molecule has 1 N–H and O–H groups in total. The third-order valence-electron chi connectivity index (χ3n) is 3.26. The molecule has 4 nitrogen and oxygen atoms in total. The molecule has 0 saturated heterocycles. The molecule has 0 aliphatic heterocycles. The van der Waals surface area contributed by atoms with Gasteiger partial charge in [0.25, 0.3) is 0 Å². The Bertz CT molecular complexity index is 583. The number of para-hydroxylation sites is 1. The average molecular weight is 291 g/mol. The van der Waals surface area contributed by atoms with Crippen molar-refractivity contribution in [3.8, 4) is 11.5 Å². The maximum absolute atomic E-state index is 14.1. The number of aryl methyl sites for hydroxylation is 1. The van der Waals surface area contributed by atoms with Crippen LogP contribution in [0, 0.1) is 5.82 Å². The zero-order chi connectivity index (χ0) is 15.2. The maximum atomic E-state index is 14.1. The lowest BCUT2D eigenvalue weighted by Crippen LogP contribution is -2.18. The van der Waals surface area contributed by atoms with Crippen molar-refractivity contribution in [2.24, 2.45) is 0 Å². The van der Waals surface area contributed by atoms with E-state index in [1.54, 1.807) is 23.1 Å². The molecule has 1 heterocycles. The Morgan fingerprint density at radius 3 is 2.90 bits per heavy atom. The second-order valence-electron chi connectivity index (χ2n) is 4.98. The molecule has 0 saturated carbocycles. The third-order valence-corrected chi connectivity index (χ3v) is 3.26. The first-order valence-electron chi connectivity index (χ1n) is 7.37. The van der Waals surface area contributed by atoms with Crippen LogP contribution in [-0.4, -0.2) is 16.3 Å². The van der Waals surface area contributed by atoms with Crippen LogP contribution in [0.2, 0.25) is 0 Å². The van der Waals surface area contributed by atoms with E-state index in [1.807, 2.05) is 19.9 Å². The SMILES string of the molecule is CCCn1cc(Oc2c(F)cccc2C(C)NCC)cn1. The Morgan fingerprint density at radius 2 is 2.19 bits per heavy atom. The first-order valence-corrected chi connectivity index (χ1v) is 7.37. The first-order chi connectivity index (χ1) is 10.2. The monoisotopic (exact) mass is 291 g/mol. The molecule has 2 rings (SSSR count). The number of hydrogen-bond acceptors (Lipinski definition) is 3. The summed E-state index contributed by atoms with van der Waals surface area (Å²) in [5.41, 5.74) is 0.806. The predicted octanol–water partition coefficient (Wildman–Crippen LogP) is 3.90. The van der Waals surface area contributed by atoms with Crippen LogP contribution in [0.1, 0.15) is 38.8 Å². The van der Waals surface area contributed by atoms with Crippen LogP contribution in [0.3, 0.4) is 0 Å². The lowest BCUT2D eigenvalue weighted by Gasteiger charge is -2.17. The Hall–Kier alpha value is -1.88. The van der Waals surface area contributed by atoms with Crippen molar-refractivity contribution >= 4 is 0 Å². The normalized spacial score (nSPS) is 12.4. The van der Waals surface area contributed by atoms with Crippen molar-refractivity contribution in [1.29, 1.82) is 0 Å². The molecule has 0 aliphatic carbocycles. The molecule has 5 heteroatoms. The van der Waals surface area contributed by atoms with E-state index in [4.69, 9.17) is 4.74 Å². The molecule has 0 fully saturated rings. The largest absolute Gasteiger partial charge is 0.451 e. The number of halogens is 1. The number of nitrogens with one attached hydrogen (secondary N) is 1. The summed E-state index contributed by atoms with van der Waals surface area (Å²) < 4.78 is 21.6. The highest BCUT2D eigenvalue weighted by Gasteiger charge is 2.16. The summed E-state index contributed by atoms with van der Waals surface area (Å²) >= 11 is 0. The topological polar surface area (TPSA) is 39.1 Å². The van der Waals surface area contributed by atoms with Crippen LogP contribution < -0.4 is 10.1 Å². The molecule has 2 aromatic rings. The Balaban J connectivity index is 2.25. The molecule has 1 aromatic carbocycles. The number of nitrogens with zero attached hydrogens (tertiary/aromatic N) is 2. The minimum Gasteiger partial charge on any atom is -0.451 e. The average Bonchev–Trinajstić information content (AvgIpc) is 2.89. The highest BCUT2D eigenvalue weighted by atomic mass is 19.1. The fraction of sp³-hybridized carbons (Fsp3) is 0.438. The van der Waals surface area contributed by atoms with Crippen molar-refractivity contribution in [3.05, 3.63) is 42.0 Å². The van der Waals surface area contributed by atoms with Crippen molar-refractivity contribution < 1.29 is 9.13 Å². The molecule has 1 unspecified atom stereocenters. The lowest BCUT2D eigenvalue weighted by atomic mass is 10.1. The van der Waals surface area contributed by atoms with E-state index in [1.165, 1.54) is 6.07 Å². The van der Waals surface area contributed by atoms with E-state index in [0.717, 1.165) is 25.1 Å². The van der Waals surface area contributed by atoms with E-state index in [0.29, 0.717) is 5.75 Å². The van der Waals surface area contributed by atoms with Gasteiger partial charge in [-0.2, -0.15) is 5.10 Å². The minimum absolute atomic E-state index is 0.0198. The van der Waals surface area contributed by atoms with Gasteiger partial charge in [0.1, 0.15) is 0 Å². The summed E-state index contributed by atoms with van der Waals surface area (Å²) in [6.07, 6.45) is 4.39. The van der Waals surface area contributed by atoms with Crippen LogP contribution in [0.25, 0.3) is 0 Å². The highest BCUT2D eigenvalue weighted by molar-refractivity contribution is 5.40. The zero-order valence-electron chi connectivity index (χ0n) is 12.8. The van der Waals surface area contributed by atoms with Gasteiger partial charge in [0, 0.05) is 18.2 Å². The molecule has 1 atom stereocenters. The Labute approximate surface area is 124 Å². The minimum atomic E-state index is -0.361. The van der Waals surface area contributed by atoms with Gasteiger partial charge < -0.3 is 10.1 Å². The fourth-order valence-corrected chi connectivity index (χ4v) is 2.26. The van der Waals surface area contributed by atoms with Crippen molar-refractivity contribution in [1.82, 2.24) is 15.1 Å². The number of benzene rings is 1. The van der Waals surface area contributed by atoms with Crippen molar-refractivity contribution in [2.75, 3.05) is 6.54 Å². The van der Waals surface area contributed by atoms with Crippen LogP contribution in [0.4, 0.5) is 4.39 Å². The number of ether oxygens (including phenoxy) is 1. The molecule has 114 valence electrons. The number of aromatic nitrogens is 2. The molecule has 0 spiro atoms. The molecule has 0 bridgehead atoms. The van der Waals surface area contributed by atoms with Crippen LogP contribution in [0.15, 0.2) is 30.6 Å². The van der Waals surface area contributed by atoms with Gasteiger partial charge >= 0.3 is 0 Å². The third kappa shape index (κ3) is 3.82. The smallest absolute Gasteiger partial charge is 0.167 e. The molecule has 21 heavy (non-hydrogen) atoms. The second kappa shape index (κ2) is 7.22. The second-order valence-corrected chi connectivity index (χ2v) is 4.98. The van der Waals surface area contributed by atoms with Gasteiger partial charge in [-0.15, -0.1) is 0 Å². The molecular weight excluding hydrogens is 269 g/mol. The summed E-state index contributed by atoms with van der Waals surface area (Å²) in [6, 6.07) is 5.01. The quantitative estimate of drug-likeness (QED) is 0.841. The maximum Gasteiger partial charge on any atom is 0.167 e. The Kier molecular flexibility index (Phi) is 5.33. The molecule has 1 aromatic heterocycles. The summed E-state index contributed by atoms with van der Waals surface area (Å²) in [6.45, 7) is 7.72. The van der Waals surface area contributed by atoms with E-state index in [-0.39, 0.29) is 17.6 Å². The zero-order valence-corrected chi connectivity index (χ0v) is 12.8. The molecular formula is C16H22FN3O. The summed E-state index contributed by atoms with van der Waals surface area (Å²) in [5.74, 6) is 0.459. The molecule has 0 amide bonds. The van der Waals surface area contributed by atoms with Gasteiger partial charge in [0.2, 0.25) is 0 Å². The van der Waals surface area contributed by atoms with E-state index < -0.39 is 0 Å². The standard InChI is InChI=1S/C16H22FN3O/c1-4-9-20-11-13(10-19-20)21-16-14(12(3)18-5-2)7-6-8-15(16)17/h6-8,10-12,18H,4-5,9H2,1-3H3. The summed E-state index contributed by atoms with van der Waals surface area (Å²) in [7, 11) is 0. The number of rotatable bonds is 7. The van der Waals surface area contributed by atoms with Gasteiger partial charge in [-0.05, 0) is 26.0 Å². The van der Waals surface area contributed by atoms with Gasteiger partial charge in [0.05, 0.1) is 12.4 Å². The lowest BCUT2D eigenvalue weighted by molar-refractivity contribution is 0.425. The summed E-state index contributed by atoms with van der Waals surface area (Å²) in [5, 5.41) is 7.47. The Morgan fingerprint density at radius 1 is 1.38 bits per heavy atom. The molecule has 0 radical (unpaired) electrons. The summed E-state index contributed by atoms with van der Waals surface area (Å²) in [4.78, 5) is 0. The predicted molar refractivity (Wildman–Crippen MR) is 81.1 cm³/mol. The van der Waals surface area contributed by atoms with Crippen LogP contribution >= 0.6 is 0 Å². The van der Waals surface area contributed by atoms with Gasteiger partial charge in [-0.1, -0.05) is 26.0 Å². The van der Waals surface area contributed by atoms with E-state index in [2.05, 4.69) is 17.3 Å². The highest BCUT2D eigenvalue weighted by Crippen LogP contribution is 2.32. The van der Waals surface area contributed by atoms with Crippen LogP contribution in [0.5, 0.6) is 11.5 Å². The molecule has 0 aliphatic rings. The van der Waals surface area contributed by atoms with Crippen molar-refractivity contribution in [3.63, 3.8) is 0 Å². The van der Waals surface area contributed by atoms with Gasteiger partial charge in [0.15, 0.2) is 17.3 Å². The van der Waals surface area contributed by atoms with Crippen LogP contribution in [-0.2, 0) is 6.54 Å². The fourth-order valence-electron chi connectivity index (χ4n) is 2.26. The van der Waals surface area contributed by atoms with E-state index in [9.17, 15) is 4.39 Å². The number of hydrogen-bond donors (Lipinski definition) is 1. The van der Waals surface area contributed by atoms with Gasteiger partial charge in [-0.25, -0.2) is 4.39 Å².